The summed E-state index contributed by atoms with van der Waals surface area (Å²) in [6.45, 7) is 12.4. The van der Waals surface area contributed by atoms with Gasteiger partial charge in [-0.15, -0.1) is 0 Å². The van der Waals surface area contributed by atoms with Crippen molar-refractivity contribution in [3.05, 3.63) is 64.2 Å². The van der Waals surface area contributed by atoms with E-state index < -0.39 is 5.97 Å². The zero-order valence-electron chi connectivity index (χ0n) is 17.7. The number of benzene rings is 2. The van der Waals surface area contributed by atoms with Crippen LogP contribution in [0, 0.1) is 6.92 Å². The van der Waals surface area contributed by atoms with Gasteiger partial charge in [0.05, 0.1) is 18.6 Å². The molecule has 0 heterocycles. The number of carbonyl (C=O) groups is 2. The molecule has 2 aromatic carbocycles. The summed E-state index contributed by atoms with van der Waals surface area (Å²) in [5.74, 6) is -0.331. The van der Waals surface area contributed by atoms with E-state index in [1.165, 1.54) is 0 Å². The van der Waals surface area contributed by atoms with Crippen LogP contribution in [0.3, 0.4) is 0 Å². The highest BCUT2D eigenvalue weighted by Gasteiger charge is 2.22. The topological polar surface area (TPSA) is 52.6 Å². The maximum atomic E-state index is 12.7. The summed E-state index contributed by atoms with van der Waals surface area (Å²) < 4.78 is 10.8. The Labute approximate surface area is 167 Å². The van der Waals surface area contributed by atoms with E-state index in [2.05, 4.69) is 27.7 Å². The number of carbonyl (C=O) groups excluding carboxylic acids is 2. The normalized spacial score (nSPS) is 11.2. The molecule has 4 heteroatoms. The second-order valence-electron chi connectivity index (χ2n) is 7.95. The van der Waals surface area contributed by atoms with Crippen LogP contribution >= 0.6 is 0 Å². The van der Waals surface area contributed by atoms with Gasteiger partial charge in [0.25, 0.3) is 0 Å². The fourth-order valence-electron chi connectivity index (χ4n) is 2.95. The van der Waals surface area contributed by atoms with Crippen molar-refractivity contribution in [2.45, 2.75) is 59.8 Å². The fraction of sp³-hybridized carbons (Fsp3) is 0.417. The molecule has 0 N–H and O–H groups in total. The first-order chi connectivity index (χ1) is 13.2. The molecule has 150 valence electrons. The fourth-order valence-corrected chi connectivity index (χ4v) is 2.95. The number of ether oxygens (including phenoxy) is 2. The number of hydrogen-bond acceptors (Lipinski definition) is 4. The van der Waals surface area contributed by atoms with Gasteiger partial charge < -0.3 is 9.47 Å². The van der Waals surface area contributed by atoms with Crippen molar-refractivity contribution in [2.75, 3.05) is 6.61 Å². The predicted octanol–water partition coefficient (Wildman–Crippen LogP) is 5.18. The first kappa shape index (κ1) is 21.7. The molecule has 28 heavy (non-hydrogen) atoms. The van der Waals surface area contributed by atoms with Gasteiger partial charge in [-0.25, -0.2) is 4.79 Å². The molecular formula is C24H30O4. The molecule has 0 aromatic heterocycles. The van der Waals surface area contributed by atoms with Crippen LogP contribution in [0.1, 0.15) is 67.2 Å². The molecule has 0 saturated heterocycles. The Kier molecular flexibility index (Phi) is 7.00. The smallest absolute Gasteiger partial charge is 0.343 e. The third kappa shape index (κ3) is 5.44. The second-order valence-corrected chi connectivity index (χ2v) is 7.95. The molecule has 2 aromatic rings. The number of aryl methyl sites for hydroxylation is 2. The Morgan fingerprint density at radius 3 is 2.18 bits per heavy atom. The summed E-state index contributed by atoms with van der Waals surface area (Å²) in [5.41, 5.74) is 4.12. The summed E-state index contributed by atoms with van der Waals surface area (Å²) in [7, 11) is 0. The van der Waals surface area contributed by atoms with Gasteiger partial charge in [0.1, 0.15) is 5.75 Å². The first-order valence-electron chi connectivity index (χ1n) is 9.76. The summed E-state index contributed by atoms with van der Waals surface area (Å²) in [6, 6.07) is 11.3. The van der Waals surface area contributed by atoms with Crippen LogP contribution in [-0.4, -0.2) is 18.5 Å². The molecule has 0 spiro atoms. The SMILES string of the molecule is CCOC(=O)Cc1cc(C(C)(C)C)cc(C)c1OC(=O)c1ccc(CC)cc1. The Hall–Kier alpha value is -2.62. The van der Waals surface area contributed by atoms with Crippen molar-refractivity contribution in [1.29, 1.82) is 0 Å². The van der Waals surface area contributed by atoms with Crippen molar-refractivity contribution in [3.63, 3.8) is 0 Å². The Morgan fingerprint density at radius 2 is 1.64 bits per heavy atom. The average molecular weight is 383 g/mol. The first-order valence-corrected chi connectivity index (χ1v) is 9.76. The summed E-state index contributed by atoms with van der Waals surface area (Å²) in [4.78, 5) is 24.8. The molecule has 0 atom stereocenters. The lowest BCUT2D eigenvalue weighted by atomic mass is 9.84. The van der Waals surface area contributed by atoms with Gasteiger partial charge in [0.15, 0.2) is 0 Å². The molecule has 0 aliphatic rings. The van der Waals surface area contributed by atoms with E-state index in [0.717, 1.165) is 23.1 Å². The van der Waals surface area contributed by atoms with E-state index in [0.29, 0.717) is 23.5 Å². The van der Waals surface area contributed by atoms with E-state index >= 15 is 0 Å². The van der Waals surface area contributed by atoms with Crippen LogP contribution in [0.4, 0.5) is 0 Å². The van der Waals surface area contributed by atoms with E-state index in [1.54, 1.807) is 19.1 Å². The third-order valence-corrected chi connectivity index (χ3v) is 4.65. The van der Waals surface area contributed by atoms with E-state index in [4.69, 9.17) is 9.47 Å². The average Bonchev–Trinajstić information content (AvgIpc) is 2.63. The molecule has 0 unspecified atom stereocenters. The minimum atomic E-state index is -0.431. The van der Waals surface area contributed by atoms with Crippen LogP contribution < -0.4 is 4.74 Å². The van der Waals surface area contributed by atoms with Gasteiger partial charge >= 0.3 is 11.9 Å². The third-order valence-electron chi connectivity index (χ3n) is 4.65. The molecule has 4 nitrogen and oxygen atoms in total. The van der Waals surface area contributed by atoms with E-state index in [1.807, 2.05) is 31.2 Å². The highest BCUT2D eigenvalue weighted by Crippen LogP contribution is 2.32. The zero-order chi connectivity index (χ0) is 20.9. The highest BCUT2D eigenvalue weighted by molar-refractivity contribution is 5.91. The van der Waals surface area contributed by atoms with Gasteiger partial charge in [-0.3, -0.25) is 4.79 Å². The van der Waals surface area contributed by atoms with Crippen molar-refractivity contribution >= 4 is 11.9 Å². The lowest BCUT2D eigenvalue weighted by Crippen LogP contribution is -2.17. The van der Waals surface area contributed by atoms with Gasteiger partial charge in [-0.2, -0.15) is 0 Å². The molecule has 0 amide bonds. The summed E-state index contributed by atoms with van der Waals surface area (Å²) >= 11 is 0. The molecule has 0 aliphatic heterocycles. The Bertz CT molecular complexity index is 842. The maximum absolute atomic E-state index is 12.7. The monoisotopic (exact) mass is 382 g/mol. The van der Waals surface area contributed by atoms with Gasteiger partial charge in [0, 0.05) is 5.56 Å². The van der Waals surface area contributed by atoms with Crippen molar-refractivity contribution < 1.29 is 19.1 Å². The molecule has 0 aliphatic carbocycles. The van der Waals surface area contributed by atoms with Crippen LogP contribution in [0.2, 0.25) is 0 Å². The molecule has 2 rings (SSSR count). The molecular weight excluding hydrogens is 352 g/mol. The number of hydrogen-bond donors (Lipinski definition) is 0. The van der Waals surface area contributed by atoms with Crippen molar-refractivity contribution in [2.24, 2.45) is 0 Å². The predicted molar refractivity (Wildman–Crippen MR) is 111 cm³/mol. The molecule has 0 saturated carbocycles. The number of rotatable bonds is 6. The largest absolute Gasteiger partial charge is 0.466 e. The van der Waals surface area contributed by atoms with E-state index in [-0.39, 0.29) is 17.8 Å². The van der Waals surface area contributed by atoms with Crippen LogP contribution in [0.5, 0.6) is 5.75 Å². The van der Waals surface area contributed by atoms with Gasteiger partial charge in [-0.1, -0.05) is 52.0 Å². The molecule has 0 radical (unpaired) electrons. The van der Waals surface area contributed by atoms with Crippen molar-refractivity contribution in [3.8, 4) is 5.75 Å². The van der Waals surface area contributed by atoms with Gasteiger partial charge in [-0.05, 0) is 54.5 Å². The van der Waals surface area contributed by atoms with Crippen molar-refractivity contribution in [1.82, 2.24) is 0 Å². The van der Waals surface area contributed by atoms with Crippen LogP contribution in [0.25, 0.3) is 0 Å². The minimum absolute atomic E-state index is 0.0655. The zero-order valence-corrected chi connectivity index (χ0v) is 17.7. The maximum Gasteiger partial charge on any atom is 0.343 e. The lowest BCUT2D eigenvalue weighted by molar-refractivity contribution is -0.142. The number of esters is 2. The van der Waals surface area contributed by atoms with Gasteiger partial charge in [0.2, 0.25) is 0 Å². The quantitative estimate of drug-likeness (QED) is 0.510. The summed E-state index contributed by atoms with van der Waals surface area (Å²) in [5, 5.41) is 0. The Morgan fingerprint density at radius 1 is 1.00 bits per heavy atom. The van der Waals surface area contributed by atoms with E-state index in [9.17, 15) is 9.59 Å². The van der Waals surface area contributed by atoms with Crippen LogP contribution in [0.15, 0.2) is 36.4 Å². The lowest BCUT2D eigenvalue weighted by Gasteiger charge is -2.23. The Balaban J connectivity index is 2.39. The highest BCUT2D eigenvalue weighted by atomic mass is 16.5. The second kappa shape index (κ2) is 9.05. The van der Waals surface area contributed by atoms with Crippen LogP contribution in [-0.2, 0) is 27.8 Å². The standard InChI is InChI=1S/C24H30O4/c1-7-17-9-11-18(12-10-17)23(26)28-22-16(3)13-20(24(4,5)6)14-19(22)15-21(25)27-8-2/h9-14H,7-8,15H2,1-6H3. The molecule has 0 fully saturated rings. The summed E-state index contributed by atoms with van der Waals surface area (Å²) in [6.07, 6.45) is 0.975. The minimum Gasteiger partial charge on any atom is -0.466 e. The molecule has 0 bridgehead atoms.